The lowest BCUT2D eigenvalue weighted by Gasteiger charge is -2.14. The van der Waals surface area contributed by atoms with E-state index >= 15 is 0 Å². The summed E-state index contributed by atoms with van der Waals surface area (Å²) in [7, 11) is 4.15. The maximum atomic E-state index is 4.76. The SMILES string of the molecule is CN(C)CCNc1cc(-c2cccnc2)nc2ccccc12.O. The number of fused-ring (bicyclic) bond motifs is 1. The Morgan fingerprint density at radius 2 is 1.91 bits per heavy atom. The number of likely N-dealkylation sites (N-methyl/N-ethyl adjacent to an activating group) is 1. The zero-order valence-electron chi connectivity index (χ0n) is 13.5. The predicted molar refractivity (Wildman–Crippen MR) is 95.6 cm³/mol. The van der Waals surface area contributed by atoms with Gasteiger partial charge in [-0.1, -0.05) is 18.2 Å². The van der Waals surface area contributed by atoms with Crippen LogP contribution in [0.3, 0.4) is 0 Å². The van der Waals surface area contributed by atoms with Crippen LogP contribution in [0.2, 0.25) is 0 Å². The minimum atomic E-state index is 0. The van der Waals surface area contributed by atoms with Crippen molar-refractivity contribution < 1.29 is 5.48 Å². The second-order valence-corrected chi connectivity index (χ2v) is 5.54. The summed E-state index contributed by atoms with van der Waals surface area (Å²) in [5.41, 5.74) is 4.09. The Balaban J connectivity index is 0.00000192. The highest BCUT2D eigenvalue weighted by molar-refractivity contribution is 5.93. The molecule has 2 heterocycles. The molecule has 2 aromatic heterocycles. The molecule has 0 bridgehead atoms. The summed E-state index contributed by atoms with van der Waals surface area (Å²) < 4.78 is 0. The first-order valence-electron chi connectivity index (χ1n) is 7.43. The number of nitrogens with zero attached hydrogens (tertiary/aromatic N) is 3. The molecule has 0 unspecified atom stereocenters. The summed E-state index contributed by atoms with van der Waals surface area (Å²) in [5.74, 6) is 0. The van der Waals surface area contributed by atoms with E-state index in [1.807, 2.05) is 36.5 Å². The Hall–Kier alpha value is -2.50. The number of aromatic nitrogens is 2. The molecule has 3 N–H and O–H groups in total. The summed E-state index contributed by atoms with van der Waals surface area (Å²) in [6.07, 6.45) is 3.63. The molecule has 1 aromatic carbocycles. The van der Waals surface area contributed by atoms with Crippen LogP contribution < -0.4 is 5.32 Å². The van der Waals surface area contributed by atoms with E-state index in [1.54, 1.807) is 6.20 Å². The van der Waals surface area contributed by atoms with Crippen LogP contribution in [-0.4, -0.2) is 47.5 Å². The van der Waals surface area contributed by atoms with Crippen molar-refractivity contribution in [1.29, 1.82) is 0 Å². The molecule has 0 spiro atoms. The molecule has 5 heteroatoms. The largest absolute Gasteiger partial charge is 0.412 e. The van der Waals surface area contributed by atoms with Gasteiger partial charge in [-0.2, -0.15) is 0 Å². The van der Waals surface area contributed by atoms with Crippen LogP contribution in [0.5, 0.6) is 0 Å². The van der Waals surface area contributed by atoms with Crippen LogP contribution in [0, 0.1) is 0 Å². The van der Waals surface area contributed by atoms with Crippen LogP contribution in [0.25, 0.3) is 22.2 Å². The number of nitrogens with one attached hydrogen (secondary N) is 1. The maximum absolute atomic E-state index is 4.76. The van der Waals surface area contributed by atoms with Gasteiger partial charge in [0.15, 0.2) is 0 Å². The zero-order chi connectivity index (χ0) is 15.4. The Morgan fingerprint density at radius 3 is 2.65 bits per heavy atom. The van der Waals surface area contributed by atoms with Gasteiger partial charge in [0.1, 0.15) is 0 Å². The molecule has 0 amide bonds. The summed E-state index contributed by atoms with van der Waals surface area (Å²) in [4.78, 5) is 11.1. The van der Waals surface area contributed by atoms with Gasteiger partial charge in [-0.15, -0.1) is 0 Å². The highest BCUT2D eigenvalue weighted by Gasteiger charge is 2.07. The molecule has 5 nitrogen and oxygen atoms in total. The smallest absolute Gasteiger partial charge is 0.0745 e. The highest BCUT2D eigenvalue weighted by Crippen LogP contribution is 2.27. The quantitative estimate of drug-likeness (QED) is 0.785. The third-order valence-electron chi connectivity index (χ3n) is 3.55. The van der Waals surface area contributed by atoms with Gasteiger partial charge in [-0.3, -0.25) is 4.98 Å². The zero-order valence-corrected chi connectivity index (χ0v) is 13.5. The van der Waals surface area contributed by atoms with E-state index in [1.165, 1.54) is 0 Å². The van der Waals surface area contributed by atoms with Crippen molar-refractivity contribution in [2.24, 2.45) is 0 Å². The van der Waals surface area contributed by atoms with E-state index in [2.05, 4.69) is 41.4 Å². The van der Waals surface area contributed by atoms with Crippen LogP contribution in [0.4, 0.5) is 5.69 Å². The summed E-state index contributed by atoms with van der Waals surface area (Å²) in [6.45, 7) is 1.88. The van der Waals surface area contributed by atoms with Crippen molar-refractivity contribution in [3.05, 3.63) is 54.9 Å². The second kappa shape index (κ2) is 7.67. The Bertz CT molecular complexity index is 759. The first-order valence-corrected chi connectivity index (χ1v) is 7.43. The number of para-hydroxylation sites is 1. The molecular formula is C18H22N4O. The van der Waals surface area contributed by atoms with Crippen LogP contribution >= 0.6 is 0 Å². The highest BCUT2D eigenvalue weighted by atomic mass is 16.0. The van der Waals surface area contributed by atoms with Crippen molar-refractivity contribution in [1.82, 2.24) is 14.9 Å². The Kier molecular flexibility index (Phi) is 5.62. The predicted octanol–water partition coefficient (Wildman–Crippen LogP) is 2.45. The van der Waals surface area contributed by atoms with Gasteiger partial charge in [-0.05, 0) is 38.4 Å². The summed E-state index contributed by atoms with van der Waals surface area (Å²) in [6, 6.07) is 14.3. The first kappa shape index (κ1) is 16.9. The van der Waals surface area contributed by atoms with Gasteiger partial charge < -0.3 is 15.7 Å². The summed E-state index contributed by atoms with van der Waals surface area (Å²) in [5, 5.41) is 4.67. The van der Waals surface area contributed by atoms with Crippen molar-refractivity contribution in [2.75, 3.05) is 32.5 Å². The first-order chi connectivity index (χ1) is 10.7. The monoisotopic (exact) mass is 310 g/mol. The fourth-order valence-corrected chi connectivity index (χ4v) is 2.40. The molecular weight excluding hydrogens is 288 g/mol. The van der Waals surface area contributed by atoms with Crippen molar-refractivity contribution in [3.8, 4) is 11.3 Å². The summed E-state index contributed by atoms with van der Waals surface area (Å²) >= 11 is 0. The third kappa shape index (κ3) is 4.03. The Morgan fingerprint density at radius 1 is 1.09 bits per heavy atom. The molecule has 0 aliphatic rings. The number of hydrogen-bond acceptors (Lipinski definition) is 4. The van der Waals surface area contributed by atoms with Crippen LogP contribution in [0.1, 0.15) is 0 Å². The van der Waals surface area contributed by atoms with Crippen molar-refractivity contribution in [3.63, 3.8) is 0 Å². The number of rotatable bonds is 5. The van der Waals surface area contributed by atoms with E-state index in [4.69, 9.17) is 4.98 Å². The molecule has 3 rings (SSSR count). The number of hydrogen-bond donors (Lipinski definition) is 1. The topological polar surface area (TPSA) is 72.5 Å². The van der Waals surface area contributed by atoms with Gasteiger partial charge in [0, 0.05) is 42.1 Å². The Labute approximate surface area is 136 Å². The number of benzene rings is 1. The molecule has 0 radical (unpaired) electrons. The van der Waals surface area contributed by atoms with E-state index in [0.29, 0.717) is 0 Å². The molecule has 23 heavy (non-hydrogen) atoms. The maximum Gasteiger partial charge on any atom is 0.0745 e. The molecule has 0 fully saturated rings. The molecule has 0 aliphatic heterocycles. The molecule has 0 saturated carbocycles. The van der Waals surface area contributed by atoms with Gasteiger partial charge in [0.25, 0.3) is 0 Å². The lowest BCUT2D eigenvalue weighted by Crippen LogP contribution is -2.20. The van der Waals surface area contributed by atoms with E-state index < -0.39 is 0 Å². The lowest BCUT2D eigenvalue weighted by atomic mass is 10.1. The van der Waals surface area contributed by atoms with Crippen LogP contribution in [0.15, 0.2) is 54.9 Å². The molecule has 0 aliphatic carbocycles. The van der Waals surface area contributed by atoms with Crippen LogP contribution in [-0.2, 0) is 0 Å². The standard InChI is InChI=1S/C18H20N4.H2O/c1-22(2)11-10-20-18-12-17(14-6-5-9-19-13-14)21-16-8-4-3-7-15(16)18;/h3-9,12-13H,10-11H2,1-2H3,(H,20,21);1H2. The molecule has 120 valence electrons. The molecule has 0 atom stereocenters. The lowest BCUT2D eigenvalue weighted by molar-refractivity contribution is 0.425. The average Bonchev–Trinajstić information content (AvgIpc) is 2.55. The van der Waals surface area contributed by atoms with E-state index in [0.717, 1.165) is 40.9 Å². The number of anilines is 1. The fraction of sp³-hybridized carbons (Fsp3) is 0.222. The minimum Gasteiger partial charge on any atom is -0.412 e. The normalized spacial score (nSPS) is 10.6. The van der Waals surface area contributed by atoms with Gasteiger partial charge in [0.2, 0.25) is 0 Å². The van der Waals surface area contributed by atoms with E-state index in [9.17, 15) is 0 Å². The molecule has 3 aromatic rings. The second-order valence-electron chi connectivity index (χ2n) is 5.54. The third-order valence-corrected chi connectivity index (χ3v) is 3.55. The minimum absolute atomic E-state index is 0. The fourth-order valence-electron chi connectivity index (χ4n) is 2.40. The average molecular weight is 310 g/mol. The van der Waals surface area contributed by atoms with Gasteiger partial charge in [-0.25, -0.2) is 4.98 Å². The van der Waals surface area contributed by atoms with Crippen molar-refractivity contribution in [2.45, 2.75) is 0 Å². The van der Waals surface area contributed by atoms with E-state index in [-0.39, 0.29) is 5.48 Å². The van der Waals surface area contributed by atoms with Crippen molar-refractivity contribution >= 4 is 16.6 Å². The van der Waals surface area contributed by atoms with Gasteiger partial charge >= 0.3 is 0 Å². The molecule has 0 saturated heterocycles. The number of pyridine rings is 2. The van der Waals surface area contributed by atoms with Gasteiger partial charge in [0.05, 0.1) is 11.2 Å².